The smallest absolute Gasteiger partial charge is 0.264 e. The molecule has 8 heteroatoms. The molecule has 0 radical (unpaired) electrons. The summed E-state index contributed by atoms with van der Waals surface area (Å²) in [5.41, 5.74) is 1.81. The Bertz CT molecular complexity index is 1070. The molecule has 0 spiro atoms. The van der Waals surface area contributed by atoms with E-state index in [-0.39, 0.29) is 23.6 Å². The average molecular weight is 398 g/mol. The first-order chi connectivity index (χ1) is 14.1. The van der Waals surface area contributed by atoms with Crippen molar-refractivity contribution < 1.29 is 18.4 Å². The van der Waals surface area contributed by atoms with Crippen molar-refractivity contribution in [3.63, 3.8) is 0 Å². The Hall–Kier alpha value is -3.29. The molecule has 3 aromatic rings. The number of fused-ring (bicyclic) bond motifs is 1. The first-order valence-corrected chi connectivity index (χ1v) is 9.47. The molecule has 1 N–H and O–H groups in total. The van der Waals surface area contributed by atoms with Gasteiger partial charge >= 0.3 is 0 Å². The van der Waals surface area contributed by atoms with Crippen molar-refractivity contribution in [1.82, 2.24) is 14.9 Å². The lowest BCUT2D eigenvalue weighted by atomic mass is 10.0. The second-order valence-electron chi connectivity index (χ2n) is 6.73. The van der Waals surface area contributed by atoms with E-state index in [0.717, 1.165) is 35.5 Å². The maximum absolute atomic E-state index is 13.9. The van der Waals surface area contributed by atoms with E-state index in [4.69, 9.17) is 4.84 Å². The summed E-state index contributed by atoms with van der Waals surface area (Å²) in [7, 11) is 0. The monoisotopic (exact) mass is 398 g/mol. The van der Waals surface area contributed by atoms with Crippen LogP contribution in [0.3, 0.4) is 0 Å². The van der Waals surface area contributed by atoms with Crippen molar-refractivity contribution in [3.05, 3.63) is 65.5 Å². The van der Waals surface area contributed by atoms with Crippen molar-refractivity contribution in [2.45, 2.75) is 32.4 Å². The third kappa shape index (κ3) is 3.70. The zero-order valence-corrected chi connectivity index (χ0v) is 15.9. The van der Waals surface area contributed by atoms with Crippen LogP contribution in [0.25, 0.3) is 11.0 Å². The van der Waals surface area contributed by atoms with Crippen LogP contribution in [-0.4, -0.2) is 33.8 Å². The van der Waals surface area contributed by atoms with Gasteiger partial charge in [0, 0.05) is 25.9 Å². The summed E-state index contributed by atoms with van der Waals surface area (Å²) in [5.74, 6) is -0.954. The number of benzene rings is 2. The molecule has 0 bridgehead atoms. The van der Waals surface area contributed by atoms with E-state index >= 15 is 0 Å². The van der Waals surface area contributed by atoms with E-state index in [9.17, 15) is 13.6 Å². The normalized spacial score (nSPS) is 16.0. The number of amides is 1. The van der Waals surface area contributed by atoms with Gasteiger partial charge in [-0.05, 0) is 31.2 Å². The van der Waals surface area contributed by atoms with Gasteiger partial charge in [-0.3, -0.25) is 4.79 Å². The molecular formula is C21H20F2N4O2. The van der Waals surface area contributed by atoms with Crippen LogP contribution in [0.2, 0.25) is 0 Å². The van der Waals surface area contributed by atoms with Crippen molar-refractivity contribution >= 4 is 22.7 Å². The number of rotatable bonds is 6. The standard InChI is InChI=1S/C21H20F2N4O2/c1-2-27-17-9-4-3-8-15(17)25-19(27)10-11-24-21(28)18-12-16(26-29-18)20-13(22)6-5-7-14(20)23/h3-9,18H,2,10-12H2,1H3,(H,24,28)/t18-/m0/s1. The molecule has 6 nitrogen and oxygen atoms in total. The zero-order valence-electron chi connectivity index (χ0n) is 15.9. The topological polar surface area (TPSA) is 68.5 Å². The predicted octanol–water partition coefficient (Wildman–Crippen LogP) is 3.19. The number of halogens is 2. The van der Waals surface area contributed by atoms with Gasteiger partial charge in [0.2, 0.25) is 6.10 Å². The van der Waals surface area contributed by atoms with Crippen LogP contribution in [0.5, 0.6) is 0 Å². The van der Waals surface area contributed by atoms with E-state index in [2.05, 4.69) is 20.0 Å². The molecule has 29 heavy (non-hydrogen) atoms. The quantitative estimate of drug-likeness (QED) is 0.693. The summed E-state index contributed by atoms with van der Waals surface area (Å²) in [6.07, 6.45) is -0.345. The minimum Gasteiger partial charge on any atom is -0.382 e. The predicted molar refractivity (Wildman–Crippen MR) is 105 cm³/mol. The third-order valence-corrected chi connectivity index (χ3v) is 4.91. The maximum Gasteiger partial charge on any atom is 0.264 e. The highest BCUT2D eigenvalue weighted by Gasteiger charge is 2.31. The summed E-state index contributed by atoms with van der Waals surface area (Å²) in [4.78, 5) is 22.1. The van der Waals surface area contributed by atoms with Gasteiger partial charge < -0.3 is 14.7 Å². The van der Waals surface area contributed by atoms with Crippen LogP contribution in [0, 0.1) is 11.6 Å². The number of hydrogen-bond acceptors (Lipinski definition) is 4. The molecule has 0 fully saturated rings. The van der Waals surface area contributed by atoms with Gasteiger partial charge in [0.15, 0.2) is 0 Å². The van der Waals surface area contributed by atoms with Gasteiger partial charge in [0.25, 0.3) is 5.91 Å². The number of aryl methyl sites for hydroxylation is 1. The first-order valence-electron chi connectivity index (χ1n) is 9.47. The fraction of sp³-hybridized carbons (Fsp3) is 0.286. The number of oxime groups is 1. The highest BCUT2D eigenvalue weighted by atomic mass is 19.1. The van der Waals surface area contributed by atoms with Gasteiger partial charge in [-0.15, -0.1) is 0 Å². The number of aromatic nitrogens is 2. The highest BCUT2D eigenvalue weighted by Crippen LogP contribution is 2.22. The molecule has 150 valence electrons. The molecule has 1 aromatic heterocycles. The van der Waals surface area contributed by atoms with Gasteiger partial charge in [0.1, 0.15) is 17.5 Å². The third-order valence-electron chi connectivity index (χ3n) is 4.91. The summed E-state index contributed by atoms with van der Waals surface area (Å²) < 4.78 is 29.9. The van der Waals surface area contributed by atoms with Crippen molar-refractivity contribution in [2.75, 3.05) is 6.54 Å². The van der Waals surface area contributed by atoms with Crippen molar-refractivity contribution in [3.8, 4) is 0 Å². The molecule has 1 aliphatic heterocycles. The van der Waals surface area contributed by atoms with E-state index < -0.39 is 17.7 Å². The number of para-hydroxylation sites is 2. The number of hydrogen-bond donors (Lipinski definition) is 1. The number of carbonyl (C=O) groups is 1. The Balaban J connectivity index is 1.36. The Morgan fingerprint density at radius 3 is 2.72 bits per heavy atom. The zero-order chi connectivity index (χ0) is 20.4. The largest absolute Gasteiger partial charge is 0.382 e. The highest BCUT2D eigenvalue weighted by molar-refractivity contribution is 6.04. The summed E-state index contributed by atoms with van der Waals surface area (Å²) in [6, 6.07) is 11.4. The number of carbonyl (C=O) groups excluding carboxylic acids is 1. The lowest BCUT2D eigenvalue weighted by Crippen LogP contribution is -2.36. The molecule has 2 heterocycles. The van der Waals surface area contributed by atoms with Crippen LogP contribution in [0.4, 0.5) is 8.78 Å². The van der Waals surface area contributed by atoms with Crippen LogP contribution in [-0.2, 0) is 22.6 Å². The van der Waals surface area contributed by atoms with E-state index in [1.807, 2.05) is 31.2 Å². The first kappa shape index (κ1) is 19.0. The van der Waals surface area contributed by atoms with E-state index in [1.165, 1.54) is 6.07 Å². The molecule has 0 saturated heterocycles. The lowest BCUT2D eigenvalue weighted by molar-refractivity contribution is -0.131. The minimum atomic E-state index is -0.908. The minimum absolute atomic E-state index is 0.0111. The van der Waals surface area contributed by atoms with Gasteiger partial charge in [-0.25, -0.2) is 13.8 Å². The van der Waals surface area contributed by atoms with Gasteiger partial charge in [-0.1, -0.05) is 23.4 Å². The molecule has 2 aromatic carbocycles. The van der Waals surface area contributed by atoms with Crippen LogP contribution < -0.4 is 5.32 Å². The number of nitrogens with zero attached hydrogens (tertiary/aromatic N) is 3. The average Bonchev–Trinajstić information content (AvgIpc) is 3.32. The van der Waals surface area contributed by atoms with Crippen LogP contribution in [0.1, 0.15) is 24.7 Å². The molecule has 0 unspecified atom stereocenters. The van der Waals surface area contributed by atoms with Crippen molar-refractivity contribution in [2.24, 2.45) is 5.16 Å². The Kier molecular flexibility index (Phi) is 5.24. The Morgan fingerprint density at radius 1 is 1.21 bits per heavy atom. The molecular weight excluding hydrogens is 378 g/mol. The number of nitrogens with one attached hydrogen (secondary N) is 1. The maximum atomic E-state index is 13.9. The van der Waals surface area contributed by atoms with Gasteiger partial charge in [0.05, 0.1) is 22.3 Å². The second-order valence-corrected chi connectivity index (χ2v) is 6.73. The summed E-state index contributed by atoms with van der Waals surface area (Å²) in [6.45, 7) is 3.19. The second kappa shape index (κ2) is 7.98. The van der Waals surface area contributed by atoms with Crippen LogP contribution in [0.15, 0.2) is 47.6 Å². The van der Waals surface area contributed by atoms with Gasteiger partial charge in [-0.2, -0.15) is 0 Å². The van der Waals surface area contributed by atoms with Crippen LogP contribution >= 0.6 is 0 Å². The summed E-state index contributed by atoms with van der Waals surface area (Å²) >= 11 is 0. The van der Waals surface area contributed by atoms with E-state index in [1.54, 1.807) is 0 Å². The lowest BCUT2D eigenvalue weighted by Gasteiger charge is -2.10. The molecule has 4 rings (SSSR count). The Labute approximate surface area is 166 Å². The van der Waals surface area contributed by atoms with Crippen molar-refractivity contribution in [1.29, 1.82) is 0 Å². The molecule has 0 aliphatic carbocycles. The SMILES string of the molecule is CCn1c(CCNC(=O)[C@@H]2CC(c3c(F)cccc3F)=NO2)nc2ccccc21. The van der Waals surface area contributed by atoms with E-state index in [0.29, 0.717) is 13.0 Å². The number of imidazole rings is 1. The fourth-order valence-electron chi connectivity index (χ4n) is 3.52. The molecule has 1 aliphatic rings. The Morgan fingerprint density at radius 2 is 1.97 bits per heavy atom. The molecule has 1 atom stereocenters. The molecule has 0 saturated carbocycles. The summed E-state index contributed by atoms with van der Waals surface area (Å²) in [5, 5.41) is 6.50. The molecule has 1 amide bonds. The fourth-order valence-corrected chi connectivity index (χ4v) is 3.52.